The summed E-state index contributed by atoms with van der Waals surface area (Å²) in [5, 5.41) is -0.0179. The van der Waals surface area contributed by atoms with Crippen LogP contribution in [0.2, 0.25) is 0 Å². The van der Waals surface area contributed by atoms with Crippen LogP contribution in [-0.4, -0.2) is 15.0 Å². The summed E-state index contributed by atoms with van der Waals surface area (Å²) in [6.07, 6.45) is 0. The molecule has 1 heterocycles. The Morgan fingerprint density at radius 3 is 2.50 bits per heavy atom. The van der Waals surface area contributed by atoms with Gasteiger partial charge in [-0.3, -0.25) is 0 Å². The Morgan fingerprint density at radius 1 is 1.43 bits per heavy atom. The zero-order chi connectivity index (χ0) is 10.8. The molecule has 0 spiro atoms. The molecule has 1 aromatic rings. The number of hydrogen-bond acceptors (Lipinski definition) is 3. The first-order valence-corrected chi connectivity index (χ1v) is 5.96. The highest BCUT2D eigenvalue weighted by Gasteiger charge is 2.17. The molecule has 80 valence electrons. The van der Waals surface area contributed by atoms with Crippen LogP contribution in [0.4, 0.5) is 0 Å². The van der Waals surface area contributed by atoms with Gasteiger partial charge in [0.15, 0.2) is 0 Å². The maximum Gasteiger partial charge on any atom is 0.273 e. The second-order valence-electron chi connectivity index (χ2n) is 3.61. The van der Waals surface area contributed by atoms with Gasteiger partial charge in [0.25, 0.3) is 10.0 Å². The SMILES string of the molecule is Cc1ccc(S(=O)(=O)NCC(C)C)o1. The summed E-state index contributed by atoms with van der Waals surface area (Å²) in [6, 6.07) is 3.09. The van der Waals surface area contributed by atoms with Crippen LogP contribution in [0.25, 0.3) is 0 Å². The molecule has 0 aliphatic carbocycles. The number of nitrogens with one attached hydrogen (secondary N) is 1. The van der Waals surface area contributed by atoms with Crippen LogP contribution in [0.5, 0.6) is 0 Å². The Bertz CT molecular complexity index is 392. The van der Waals surface area contributed by atoms with Crippen LogP contribution < -0.4 is 4.72 Å². The van der Waals surface area contributed by atoms with Gasteiger partial charge in [-0.15, -0.1) is 0 Å². The monoisotopic (exact) mass is 217 g/mol. The number of hydrogen-bond donors (Lipinski definition) is 1. The lowest BCUT2D eigenvalue weighted by molar-refractivity contribution is 0.423. The summed E-state index contributed by atoms with van der Waals surface area (Å²) in [4.78, 5) is 0. The predicted molar refractivity (Wildman–Crippen MR) is 53.5 cm³/mol. The molecule has 0 unspecified atom stereocenters. The minimum absolute atomic E-state index is 0.0179. The summed E-state index contributed by atoms with van der Waals surface area (Å²) in [5.74, 6) is 0.871. The Hall–Kier alpha value is -0.810. The quantitative estimate of drug-likeness (QED) is 0.831. The minimum atomic E-state index is -3.45. The molecule has 1 rings (SSSR count). The molecule has 0 saturated heterocycles. The van der Waals surface area contributed by atoms with Crippen molar-refractivity contribution in [3.05, 3.63) is 17.9 Å². The molecule has 4 nitrogen and oxygen atoms in total. The van der Waals surface area contributed by atoms with E-state index in [1.807, 2.05) is 13.8 Å². The third kappa shape index (κ3) is 2.85. The van der Waals surface area contributed by atoms with Crippen molar-refractivity contribution in [2.24, 2.45) is 5.92 Å². The second kappa shape index (κ2) is 4.14. The van der Waals surface area contributed by atoms with E-state index in [-0.39, 0.29) is 11.0 Å². The maximum atomic E-state index is 11.5. The highest BCUT2D eigenvalue weighted by molar-refractivity contribution is 7.89. The van der Waals surface area contributed by atoms with Gasteiger partial charge in [0.05, 0.1) is 0 Å². The van der Waals surface area contributed by atoms with Gasteiger partial charge in [0, 0.05) is 6.54 Å². The van der Waals surface area contributed by atoms with E-state index >= 15 is 0 Å². The van der Waals surface area contributed by atoms with E-state index in [9.17, 15) is 8.42 Å². The zero-order valence-electron chi connectivity index (χ0n) is 8.57. The normalized spacial score (nSPS) is 12.3. The third-order valence-corrected chi connectivity index (χ3v) is 2.96. The van der Waals surface area contributed by atoms with Gasteiger partial charge in [-0.2, -0.15) is 0 Å². The number of aryl methyl sites for hydroxylation is 1. The molecule has 5 heteroatoms. The van der Waals surface area contributed by atoms with E-state index < -0.39 is 10.0 Å². The average Bonchev–Trinajstić information content (AvgIpc) is 2.49. The van der Waals surface area contributed by atoms with Crippen molar-refractivity contribution in [2.45, 2.75) is 25.9 Å². The lowest BCUT2D eigenvalue weighted by Gasteiger charge is -2.05. The molecule has 1 N–H and O–H groups in total. The molecule has 0 aliphatic heterocycles. The first-order chi connectivity index (χ1) is 6.42. The predicted octanol–water partition coefficient (Wildman–Crippen LogP) is 1.52. The van der Waals surface area contributed by atoms with Crippen molar-refractivity contribution in [1.82, 2.24) is 4.72 Å². The van der Waals surface area contributed by atoms with Crippen molar-refractivity contribution >= 4 is 10.0 Å². The fraction of sp³-hybridized carbons (Fsp3) is 0.556. The molecule has 1 aromatic heterocycles. The molecule has 0 fully saturated rings. The summed E-state index contributed by atoms with van der Waals surface area (Å²) < 4.78 is 30.6. The van der Waals surface area contributed by atoms with Crippen LogP contribution in [0.1, 0.15) is 19.6 Å². The fourth-order valence-electron chi connectivity index (χ4n) is 0.904. The van der Waals surface area contributed by atoms with E-state index in [0.717, 1.165) is 0 Å². The van der Waals surface area contributed by atoms with Gasteiger partial charge in [-0.25, -0.2) is 13.1 Å². The van der Waals surface area contributed by atoms with Gasteiger partial charge in [0.2, 0.25) is 5.09 Å². The fourth-order valence-corrected chi connectivity index (χ4v) is 2.09. The second-order valence-corrected chi connectivity index (χ2v) is 5.31. The topological polar surface area (TPSA) is 59.3 Å². The molecule has 0 aliphatic rings. The van der Waals surface area contributed by atoms with Crippen molar-refractivity contribution in [1.29, 1.82) is 0 Å². The van der Waals surface area contributed by atoms with Crippen LogP contribution in [0, 0.1) is 12.8 Å². The molecule has 0 atom stereocenters. The number of sulfonamides is 1. The maximum absolute atomic E-state index is 11.5. The van der Waals surface area contributed by atoms with Crippen LogP contribution in [0.15, 0.2) is 21.6 Å². The molecular weight excluding hydrogens is 202 g/mol. The molecule has 14 heavy (non-hydrogen) atoms. The Morgan fingerprint density at radius 2 is 2.07 bits per heavy atom. The highest BCUT2D eigenvalue weighted by atomic mass is 32.2. The molecule has 0 aromatic carbocycles. The van der Waals surface area contributed by atoms with Gasteiger partial charge >= 0.3 is 0 Å². The highest BCUT2D eigenvalue weighted by Crippen LogP contribution is 2.12. The first kappa shape index (κ1) is 11.3. The van der Waals surface area contributed by atoms with Gasteiger partial charge in [-0.05, 0) is 25.0 Å². The molecule has 0 radical (unpaired) electrons. The summed E-state index contributed by atoms with van der Waals surface area (Å²) in [6.45, 7) is 6.01. The molecular formula is C9H15NO3S. The van der Waals surface area contributed by atoms with Gasteiger partial charge in [-0.1, -0.05) is 13.8 Å². The van der Waals surface area contributed by atoms with Crippen LogP contribution in [0.3, 0.4) is 0 Å². The largest absolute Gasteiger partial charge is 0.449 e. The summed E-state index contributed by atoms with van der Waals surface area (Å²) in [7, 11) is -3.45. The summed E-state index contributed by atoms with van der Waals surface area (Å²) in [5.41, 5.74) is 0. The average molecular weight is 217 g/mol. The van der Waals surface area contributed by atoms with Crippen LogP contribution >= 0.6 is 0 Å². The smallest absolute Gasteiger partial charge is 0.273 e. The Balaban J connectivity index is 2.76. The Kier molecular flexibility index (Phi) is 3.34. The lowest BCUT2D eigenvalue weighted by Crippen LogP contribution is -2.27. The van der Waals surface area contributed by atoms with Gasteiger partial charge < -0.3 is 4.42 Å². The molecule has 0 saturated carbocycles. The Labute approximate surface area is 84.4 Å². The molecule has 0 bridgehead atoms. The van der Waals surface area contributed by atoms with Crippen molar-refractivity contribution in [2.75, 3.05) is 6.54 Å². The van der Waals surface area contributed by atoms with Crippen molar-refractivity contribution in [3.8, 4) is 0 Å². The third-order valence-electron chi connectivity index (χ3n) is 1.66. The van der Waals surface area contributed by atoms with Gasteiger partial charge in [0.1, 0.15) is 5.76 Å². The summed E-state index contributed by atoms with van der Waals surface area (Å²) >= 11 is 0. The van der Waals surface area contributed by atoms with Crippen LogP contribution in [-0.2, 0) is 10.0 Å². The van der Waals surface area contributed by atoms with E-state index in [4.69, 9.17) is 4.42 Å². The van der Waals surface area contributed by atoms with Crippen molar-refractivity contribution < 1.29 is 12.8 Å². The molecule has 0 amide bonds. The first-order valence-electron chi connectivity index (χ1n) is 4.48. The van der Waals surface area contributed by atoms with Crippen molar-refractivity contribution in [3.63, 3.8) is 0 Å². The minimum Gasteiger partial charge on any atom is -0.449 e. The van der Waals surface area contributed by atoms with E-state index in [1.54, 1.807) is 13.0 Å². The number of furan rings is 1. The number of rotatable bonds is 4. The van der Waals surface area contributed by atoms with E-state index in [2.05, 4.69) is 4.72 Å². The van der Waals surface area contributed by atoms with E-state index in [1.165, 1.54) is 6.07 Å². The standard InChI is InChI=1S/C9H15NO3S/c1-7(2)6-10-14(11,12)9-5-4-8(3)13-9/h4-5,7,10H,6H2,1-3H3. The van der Waals surface area contributed by atoms with E-state index in [0.29, 0.717) is 12.3 Å². The lowest BCUT2D eigenvalue weighted by atomic mass is 10.2. The zero-order valence-corrected chi connectivity index (χ0v) is 9.39.